The van der Waals surface area contributed by atoms with Crippen LogP contribution in [0.1, 0.15) is 22.1 Å². The Hall–Kier alpha value is -2.86. The highest BCUT2D eigenvalue weighted by atomic mass is 35.5. The minimum absolute atomic E-state index is 0.153. The van der Waals surface area contributed by atoms with Crippen LogP contribution in [0.5, 0.6) is 5.75 Å². The average Bonchev–Trinajstić information content (AvgIpc) is 3.07. The number of benzene rings is 2. The normalized spacial score (nSPS) is 10.4. The van der Waals surface area contributed by atoms with Crippen molar-refractivity contribution in [3.05, 3.63) is 76.9 Å². The summed E-state index contributed by atoms with van der Waals surface area (Å²) in [6.07, 6.45) is 0. The Labute approximate surface area is 143 Å². The second-order valence-corrected chi connectivity index (χ2v) is 5.34. The monoisotopic (exact) mass is 343 g/mol. The highest BCUT2D eigenvalue weighted by molar-refractivity contribution is 6.30. The molecule has 7 heteroatoms. The third kappa shape index (κ3) is 4.33. The van der Waals surface area contributed by atoms with Gasteiger partial charge in [0.2, 0.25) is 0 Å². The molecule has 3 rings (SSSR count). The van der Waals surface area contributed by atoms with Crippen LogP contribution in [0.3, 0.4) is 0 Å². The van der Waals surface area contributed by atoms with Gasteiger partial charge in [-0.2, -0.15) is 4.98 Å². The van der Waals surface area contributed by atoms with Crippen molar-refractivity contribution in [1.29, 1.82) is 0 Å². The van der Waals surface area contributed by atoms with Crippen LogP contribution in [0.15, 0.2) is 59.1 Å². The number of carbonyl (C=O) groups excluding carboxylic acids is 1. The number of nitrogens with zero attached hydrogens (tertiary/aromatic N) is 2. The zero-order valence-electron chi connectivity index (χ0n) is 12.6. The molecule has 0 bridgehead atoms. The fourth-order valence-corrected chi connectivity index (χ4v) is 2.16. The van der Waals surface area contributed by atoms with E-state index in [-0.39, 0.29) is 19.1 Å². The highest BCUT2D eigenvalue weighted by Crippen LogP contribution is 2.12. The average molecular weight is 344 g/mol. The van der Waals surface area contributed by atoms with Gasteiger partial charge in [-0.25, -0.2) is 0 Å². The molecule has 2 aromatic carbocycles. The Balaban J connectivity index is 1.51. The molecular weight excluding hydrogens is 330 g/mol. The molecule has 0 aliphatic carbocycles. The summed E-state index contributed by atoms with van der Waals surface area (Å²) < 4.78 is 10.6. The third-order valence-corrected chi connectivity index (χ3v) is 3.34. The smallest absolute Gasteiger partial charge is 0.264 e. The lowest BCUT2D eigenvalue weighted by molar-refractivity contribution is 0.0949. The number of para-hydroxylation sites is 1. The minimum Gasteiger partial charge on any atom is -0.484 e. The second kappa shape index (κ2) is 7.61. The Kier molecular flexibility index (Phi) is 5.08. The summed E-state index contributed by atoms with van der Waals surface area (Å²) in [5.74, 6) is 1.17. The number of carbonyl (C=O) groups is 1. The van der Waals surface area contributed by atoms with Crippen LogP contribution in [-0.2, 0) is 13.2 Å². The summed E-state index contributed by atoms with van der Waals surface area (Å²) >= 11 is 5.86. The minimum atomic E-state index is -0.260. The largest absolute Gasteiger partial charge is 0.484 e. The van der Waals surface area contributed by atoms with Crippen LogP contribution < -0.4 is 10.1 Å². The topological polar surface area (TPSA) is 77.2 Å². The Morgan fingerprint density at radius 3 is 2.79 bits per heavy atom. The van der Waals surface area contributed by atoms with Crippen molar-refractivity contribution in [3.8, 4) is 5.75 Å². The molecule has 3 aromatic rings. The maximum atomic E-state index is 12.0. The molecule has 1 N–H and O–H groups in total. The first kappa shape index (κ1) is 16.0. The van der Waals surface area contributed by atoms with E-state index < -0.39 is 0 Å². The van der Waals surface area contributed by atoms with Gasteiger partial charge in [-0.15, -0.1) is 0 Å². The van der Waals surface area contributed by atoms with Gasteiger partial charge in [-0.05, 0) is 30.3 Å². The van der Waals surface area contributed by atoms with E-state index in [1.807, 2.05) is 30.3 Å². The summed E-state index contributed by atoms with van der Waals surface area (Å²) in [7, 11) is 0. The molecule has 0 radical (unpaired) electrons. The molecule has 1 heterocycles. The first-order valence-electron chi connectivity index (χ1n) is 7.24. The van der Waals surface area contributed by atoms with E-state index in [1.54, 1.807) is 24.3 Å². The van der Waals surface area contributed by atoms with E-state index >= 15 is 0 Å². The highest BCUT2D eigenvalue weighted by Gasteiger charge is 2.10. The van der Waals surface area contributed by atoms with Crippen LogP contribution >= 0.6 is 11.6 Å². The van der Waals surface area contributed by atoms with Gasteiger partial charge in [0, 0.05) is 10.6 Å². The first-order valence-corrected chi connectivity index (χ1v) is 7.61. The molecule has 0 atom stereocenters. The van der Waals surface area contributed by atoms with Crippen molar-refractivity contribution in [2.45, 2.75) is 13.2 Å². The van der Waals surface area contributed by atoms with E-state index in [2.05, 4.69) is 15.5 Å². The van der Waals surface area contributed by atoms with E-state index in [1.165, 1.54) is 0 Å². The predicted octanol–water partition coefficient (Wildman–Crippen LogP) is 3.23. The molecule has 1 aromatic heterocycles. The van der Waals surface area contributed by atoms with Gasteiger partial charge in [-0.1, -0.05) is 41.0 Å². The molecule has 0 unspecified atom stereocenters. The predicted molar refractivity (Wildman–Crippen MR) is 87.7 cm³/mol. The Bertz CT molecular complexity index is 821. The zero-order chi connectivity index (χ0) is 16.8. The maximum absolute atomic E-state index is 12.0. The Morgan fingerprint density at radius 1 is 1.17 bits per heavy atom. The van der Waals surface area contributed by atoms with E-state index in [9.17, 15) is 4.79 Å². The number of hydrogen-bond acceptors (Lipinski definition) is 5. The fraction of sp³-hybridized carbons (Fsp3) is 0.118. The van der Waals surface area contributed by atoms with Crippen LogP contribution in [0.25, 0.3) is 0 Å². The molecule has 0 aliphatic rings. The van der Waals surface area contributed by atoms with Gasteiger partial charge in [0.15, 0.2) is 12.4 Å². The van der Waals surface area contributed by atoms with Crippen molar-refractivity contribution in [3.63, 3.8) is 0 Å². The third-order valence-electron chi connectivity index (χ3n) is 3.11. The van der Waals surface area contributed by atoms with Crippen molar-refractivity contribution < 1.29 is 14.1 Å². The summed E-state index contributed by atoms with van der Waals surface area (Å²) in [5, 5.41) is 7.01. The lowest BCUT2D eigenvalue weighted by atomic mass is 10.2. The number of rotatable bonds is 6. The SMILES string of the molecule is O=C(NCc1noc(COc2ccccc2)n1)c1cccc(Cl)c1. The van der Waals surface area contributed by atoms with Crippen LogP contribution in [0, 0.1) is 0 Å². The number of halogens is 1. The first-order chi connectivity index (χ1) is 11.7. The molecule has 6 nitrogen and oxygen atoms in total. The second-order valence-electron chi connectivity index (χ2n) is 4.90. The molecular formula is C17H14ClN3O3. The van der Waals surface area contributed by atoms with E-state index in [4.69, 9.17) is 20.9 Å². The number of amides is 1. The van der Waals surface area contributed by atoms with Crippen LogP contribution in [0.4, 0.5) is 0 Å². The van der Waals surface area contributed by atoms with Crippen molar-refractivity contribution in [2.75, 3.05) is 0 Å². The fourth-order valence-electron chi connectivity index (χ4n) is 1.97. The van der Waals surface area contributed by atoms with Gasteiger partial charge < -0.3 is 14.6 Å². The summed E-state index contributed by atoms with van der Waals surface area (Å²) in [6.45, 7) is 0.319. The molecule has 1 amide bonds. The van der Waals surface area contributed by atoms with Gasteiger partial charge in [0.1, 0.15) is 5.75 Å². The molecule has 24 heavy (non-hydrogen) atoms. The van der Waals surface area contributed by atoms with Gasteiger partial charge in [0.25, 0.3) is 11.8 Å². The standard InChI is InChI=1S/C17H14ClN3O3/c18-13-6-4-5-12(9-13)17(22)19-10-15-20-16(24-21-15)11-23-14-7-2-1-3-8-14/h1-9H,10-11H2,(H,19,22). The Morgan fingerprint density at radius 2 is 2.00 bits per heavy atom. The van der Waals surface area contributed by atoms with E-state index in [0.717, 1.165) is 0 Å². The molecule has 0 saturated heterocycles. The zero-order valence-corrected chi connectivity index (χ0v) is 13.4. The quantitative estimate of drug-likeness (QED) is 0.743. The molecule has 0 spiro atoms. The molecule has 122 valence electrons. The number of nitrogens with one attached hydrogen (secondary N) is 1. The number of aromatic nitrogens is 2. The van der Waals surface area contributed by atoms with Crippen LogP contribution in [0.2, 0.25) is 5.02 Å². The van der Waals surface area contributed by atoms with Crippen molar-refractivity contribution in [1.82, 2.24) is 15.5 Å². The summed E-state index contributed by atoms with van der Waals surface area (Å²) in [6, 6.07) is 16.0. The lowest BCUT2D eigenvalue weighted by Crippen LogP contribution is -2.23. The van der Waals surface area contributed by atoms with Crippen molar-refractivity contribution >= 4 is 17.5 Å². The number of ether oxygens (including phenoxy) is 1. The van der Waals surface area contributed by atoms with Gasteiger partial charge >= 0.3 is 0 Å². The lowest BCUT2D eigenvalue weighted by Gasteiger charge is -2.02. The molecule has 0 saturated carbocycles. The molecule has 0 aliphatic heterocycles. The number of hydrogen-bond donors (Lipinski definition) is 1. The van der Waals surface area contributed by atoms with E-state index in [0.29, 0.717) is 28.1 Å². The van der Waals surface area contributed by atoms with Crippen molar-refractivity contribution in [2.24, 2.45) is 0 Å². The summed E-state index contributed by atoms with van der Waals surface area (Å²) in [5.41, 5.74) is 0.471. The van der Waals surface area contributed by atoms with Crippen LogP contribution in [-0.4, -0.2) is 16.0 Å². The molecule has 0 fully saturated rings. The van der Waals surface area contributed by atoms with Gasteiger partial charge in [0.05, 0.1) is 6.54 Å². The summed E-state index contributed by atoms with van der Waals surface area (Å²) in [4.78, 5) is 16.2. The van der Waals surface area contributed by atoms with Gasteiger partial charge in [-0.3, -0.25) is 4.79 Å². The maximum Gasteiger partial charge on any atom is 0.264 e.